The van der Waals surface area contributed by atoms with Crippen LogP contribution in [0.3, 0.4) is 0 Å². The summed E-state index contributed by atoms with van der Waals surface area (Å²) in [6, 6.07) is 8.68. The van der Waals surface area contributed by atoms with E-state index in [9.17, 15) is 19.8 Å². The number of hydrogen-bond donors (Lipinski definition) is 5. The number of aromatic amines is 1. The highest BCUT2D eigenvalue weighted by molar-refractivity contribution is 5.96. The summed E-state index contributed by atoms with van der Waals surface area (Å²) in [6.45, 7) is 6.55. The molecule has 1 aliphatic heterocycles. The largest absolute Gasteiger partial charge is 0.508 e. The number of nitrogens with one attached hydrogen (secondary N) is 3. The highest BCUT2D eigenvalue weighted by Crippen LogP contribution is 2.38. The Labute approximate surface area is 185 Å². The number of benzene rings is 2. The van der Waals surface area contributed by atoms with Crippen molar-refractivity contribution in [2.24, 2.45) is 0 Å². The van der Waals surface area contributed by atoms with Gasteiger partial charge in [0, 0.05) is 30.3 Å². The number of amides is 1. The average Bonchev–Trinajstić information content (AvgIpc) is 3.04. The second-order valence-corrected chi connectivity index (χ2v) is 8.88. The number of carbonyl (C=O) groups is 1. The minimum absolute atomic E-state index is 0.0723. The SMILES string of the molecule is Cc1ccc2[nH]c(=O)n(CCC(C)(C)NCC(O)c3cc(O)cc4c3OCC(=O)N4)c2c1. The third-order valence-electron chi connectivity index (χ3n) is 5.75. The Bertz CT molecular complexity index is 1230. The smallest absolute Gasteiger partial charge is 0.326 e. The van der Waals surface area contributed by atoms with Crippen LogP contribution in [-0.4, -0.2) is 44.4 Å². The van der Waals surface area contributed by atoms with E-state index >= 15 is 0 Å². The summed E-state index contributed by atoms with van der Waals surface area (Å²) in [5.74, 6) is -0.0300. The van der Waals surface area contributed by atoms with Crippen molar-refractivity contribution in [1.29, 1.82) is 0 Å². The molecule has 0 aliphatic carbocycles. The molecule has 32 heavy (non-hydrogen) atoms. The second kappa shape index (κ2) is 8.33. The molecule has 4 rings (SSSR count). The number of fused-ring (bicyclic) bond motifs is 2. The third-order valence-corrected chi connectivity index (χ3v) is 5.75. The fourth-order valence-corrected chi connectivity index (χ4v) is 3.91. The van der Waals surface area contributed by atoms with Crippen LogP contribution in [0.5, 0.6) is 11.5 Å². The molecule has 1 amide bonds. The van der Waals surface area contributed by atoms with Crippen LogP contribution in [0, 0.1) is 6.92 Å². The number of aromatic nitrogens is 2. The Morgan fingerprint density at radius 3 is 2.81 bits per heavy atom. The quantitative estimate of drug-likeness (QED) is 0.383. The monoisotopic (exact) mass is 440 g/mol. The van der Waals surface area contributed by atoms with Crippen molar-refractivity contribution in [2.75, 3.05) is 18.5 Å². The normalized spacial score (nSPS) is 14.7. The number of β-amino-alcohol motifs (C(OH)–C–C–N with tert-alkyl or cyclic N) is 1. The first-order chi connectivity index (χ1) is 15.1. The van der Waals surface area contributed by atoms with Gasteiger partial charge in [-0.05, 0) is 51.0 Å². The number of rotatable bonds is 7. The summed E-state index contributed by atoms with van der Waals surface area (Å²) < 4.78 is 7.21. The molecule has 9 nitrogen and oxygen atoms in total. The zero-order valence-electron chi connectivity index (χ0n) is 18.4. The Kier molecular flexibility index (Phi) is 5.70. The first-order valence-corrected chi connectivity index (χ1v) is 10.5. The third kappa shape index (κ3) is 4.49. The molecule has 3 aromatic rings. The molecule has 5 N–H and O–H groups in total. The van der Waals surface area contributed by atoms with Gasteiger partial charge in [0.2, 0.25) is 0 Å². The van der Waals surface area contributed by atoms with Crippen LogP contribution >= 0.6 is 0 Å². The number of carbonyl (C=O) groups excluding carboxylic acids is 1. The van der Waals surface area contributed by atoms with E-state index in [1.807, 2.05) is 39.0 Å². The number of anilines is 1. The van der Waals surface area contributed by atoms with Gasteiger partial charge in [-0.2, -0.15) is 0 Å². The van der Waals surface area contributed by atoms with Crippen LogP contribution in [0.25, 0.3) is 11.0 Å². The number of aliphatic hydroxyl groups excluding tert-OH is 1. The molecule has 9 heteroatoms. The summed E-state index contributed by atoms with van der Waals surface area (Å²) in [4.78, 5) is 26.8. The van der Waals surface area contributed by atoms with Crippen molar-refractivity contribution >= 4 is 22.6 Å². The van der Waals surface area contributed by atoms with Gasteiger partial charge in [-0.1, -0.05) is 6.07 Å². The number of hydrogen-bond acceptors (Lipinski definition) is 6. The van der Waals surface area contributed by atoms with E-state index in [-0.39, 0.29) is 36.0 Å². The van der Waals surface area contributed by atoms with E-state index in [1.54, 1.807) is 4.57 Å². The number of aromatic hydroxyl groups is 1. The molecule has 0 saturated heterocycles. The molecule has 0 bridgehead atoms. The molecular weight excluding hydrogens is 412 g/mol. The van der Waals surface area contributed by atoms with E-state index in [4.69, 9.17) is 4.74 Å². The number of phenolic OH excluding ortho intramolecular Hbond substituents is 1. The lowest BCUT2D eigenvalue weighted by atomic mass is 9.99. The summed E-state index contributed by atoms with van der Waals surface area (Å²) in [7, 11) is 0. The molecule has 1 atom stereocenters. The van der Waals surface area contributed by atoms with Crippen molar-refractivity contribution < 1.29 is 19.7 Å². The highest BCUT2D eigenvalue weighted by Gasteiger charge is 2.26. The second-order valence-electron chi connectivity index (χ2n) is 8.88. The van der Waals surface area contributed by atoms with Gasteiger partial charge in [0.25, 0.3) is 5.91 Å². The predicted molar refractivity (Wildman–Crippen MR) is 121 cm³/mol. The maximum Gasteiger partial charge on any atom is 0.326 e. The van der Waals surface area contributed by atoms with E-state index in [2.05, 4.69) is 15.6 Å². The summed E-state index contributed by atoms with van der Waals surface area (Å²) >= 11 is 0. The fraction of sp³-hybridized carbons (Fsp3) is 0.391. The fourth-order valence-electron chi connectivity index (χ4n) is 3.91. The zero-order chi connectivity index (χ0) is 23.0. The van der Waals surface area contributed by atoms with Crippen LogP contribution in [0.1, 0.15) is 37.5 Å². The van der Waals surface area contributed by atoms with Crippen LogP contribution < -0.4 is 21.1 Å². The van der Waals surface area contributed by atoms with Gasteiger partial charge in [0.1, 0.15) is 11.5 Å². The zero-order valence-corrected chi connectivity index (χ0v) is 18.4. The topological polar surface area (TPSA) is 129 Å². The molecule has 0 radical (unpaired) electrons. The van der Waals surface area contributed by atoms with E-state index < -0.39 is 6.10 Å². The molecule has 2 heterocycles. The van der Waals surface area contributed by atoms with Crippen molar-refractivity contribution in [3.05, 3.63) is 51.9 Å². The predicted octanol–water partition coefficient (Wildman–Crippen LogP) is 2.17. The van der Waals surface area contributed by atoms with E-state index in [1.165, 1.54) is 12.1 Å². The summed E-state index contributed by atoms with van der Waals surface area (Å²) in [5, 5.41) is 26.7. The minimum atomic E-state index is -0.969. The number of nitrogens with zero attached hydrogens (tertiary/aromatic N) is 1. The Balaban J connectivity index is 1.44. The lowest BCUT2D eigenvalue weighted by molar-refractivity contribution is -0.118. The van der Waals surface area contributed by atoms with Gasteiger partial charge >= 0.3 is 5.69 Å². The molecule has 1 unspecified atom stereocenters. The summed E-state index contributed by atoms with van der Waals surface area (Å²) in [5.41, 5.74) is 2.96. The van der Waals surface area contributed by atoms with Crippen LogP contribution in [-0.2, 0) is 11.3 Å². The van der Waals surface area contributed by atoms with Gasteiger partial charge in [-0.15, -0.1) is 0 Å². The number of aliphatic hydroxyl groups is 1. The lowest BCUT2D eigenvalue weighted by Crippen LogP contribution is -2.43. The summed E-state index contributed by atoms with van der Waals surface area (Å²) in [6.07, 6.45) is -0.325. The molecule has 0 spiro atoms. The number of phenols is 1. The molecule has 1 aliphatic rings. The number of aryl methyl sites for hydroxylation is 2. The Hall–Kier alpha value is -3.30. The highest BCUT2D eigenvalue weighted by atomic mass is 16.5. The number of ether oxygens (including phenoxy) is 1. The maximum absolute atomic E-state index is 12.4. The van der Waals surface area contributed by atoms with Crippen molar-refractivity contribution in [3.8, 4) is 11.5 Å². The Morgan fingerprint density at radius 2 is 2.03 bits per heavy atom. The van der Waals surface area contributed by atoms with Crippen LogP contribution in [0.4, 0.5) is 5.69 Å². The first kappa shape index (κ1) is 21.9. The van der Waals surface area contributed by atoms with E-state index in [0.29, 0.717) is 30.0 Å². The van der Waals surface area contributed by atoms with Gasteiger partial charge in [0.15, 0.2) is 6.61 Å². The number of imidazole rings is 1. The molecule has 2 aromatic carbocycles. The maximum atomic E-state index is 12.4. The minimum Gasteiger partial charge on any atom is -0.508 e. The van der Waals surface area contributed by atoms with Crippen molar-refractivity contribution in [1.82, 2.24) is 14.9 Å². The molecule has 0 fully saturated rings. The van der Waals surface area contributed by atoms with Crippen LogP contribution in [0.2, 0.25) is 0 Å². The molecule has 0 saturated carbocycles. The van der Waals surface area contributed by atoms with Gasteiger partial charge in [-0.25, -0.2) is 4.79 Å². The number of H-pyrrole nitrogens is 1. The standard InChI is InChI=1S/C23H28N4O5/c1-13-4-5-16-18(8-13)27(22(31)26-16)7-6-23(2,3)24-11-19(29)15-9-14(28)10-17-21(15)32-12-20(30)25-17/h4-5,8-10,19,24,28-29H,6-7,11-12H2,1-3H3,(H,25,30)(H,26,31). The Morgan fingerprint density at radius 1 is 1.25 bits per heavy atom. The first-order valence-electron chi connectivity index (χ1n) is 10.5. The van der Waals surface area contributed by atoms with Gasteiger partial charge in [-0.3, -0.25) is 9.36 Å². The molecule has 1 aromatic heterocycles. The van der Waals surface area contributed by atoms with Crippen molar-refractivity contribution in [2.45, 2.75) is 45.4 Å². The van der Waals surface area contributed by atoms with E-state index in [0.717, 1.165) is 16.6 Å². The average molecular weight is 441 g/mol. The lowest BCUT2D eigenvalue weighted by Gasteiger charge is -2.29. The van der Waals surface area contributed by atoms with Gasteiger partial charge < -0.3 is 30.6 Å². The van der Waals surface area contributed by atoms with Crippen LogP contribution in [0.15, 0.2) is 35.1 Å². The van der Waals surface area contributed by atoms with Crippen molar-refractivity contribution in [3.63, 3.8) is 0 Å². The molecule has 170 valence electrons. The van der Waals surface area contributed by atoms with Gasteiger partial charge in [0.05, 0.1) is 22.8 Å². The molecular formula is C23H28N4O5.